The first-order valence-corrected chi connectivity index (χ1v) is 16.5. The van der Waals surface area contributed by atoms with Crippen LogP contribution < -0.4 is 21.1 Å². The molecule has 5 aromatic rings. The molecule has 6 rings (SSSR count). The molecule has 0 radical (unpaired) electrons. The number of para-hydroxylation sites is 1. The van der Waals surface area contributed by atoms with Crippen LogP contribution in [-0.2, 0) is 0 Å². The summed E-state index contributed by atoms with van der Waals surface area (Å²) in [6.07, 6.45) is 0.100. The van der Waals surface area contributed by atoms with Crippen molar-refractivity contribution >= 4 is 34.7 Å². The Balaban J connectivity index is 1.48. The summed E-state index contributed by atoms with van der Waals surface area (Å²) in [4.78, 5) is 50.0. The summed E-state index contributed by atoms with van der Waals surface area (Å²) in [5, 5.41) is 15.3. The lowest BCUT2D eigenvalue weighted by molar-refractivity contribution is 0.102. The number of benzene rings is 3. The minimum absolute atomic E-state index is 0.0153. The van der Waals surface area contributed by atoms with Gasteiger partial charge in [-0.15, -0.1) is 0 Å². The Labute approximate surface area is 292 Å². The third-order valence-electron chi connectivity index (χ3n) is 9.26. The predicted molar refractivity (Wildman–Crippen MR) is 189 cm³/mol. The normalized spacial score (nSPS) is 14.4. The van der Waals surface area contributed by atoms with Crippen LogP contribution in [0.15, 0.2) is 77.6 Å². The zero-order chi connectivity index (χ0) is 36.6. The maximum Gasteiger partial charge on any atom is 0.404 e. The van der Waals surface area contributed by atoms with Crippen molar-refractivity contribution in [3.8, 4) is 16.9 Å². The number of nitrogens with one attached hydrogen (secondary N) is 2. The number of halogens is 3. The highest BCUT2D eigenvalue weighted by Crippen LogP contribution is 2.36. The van der Waals surface area contributed by atoms with Gasteiger partial charge in [0.2, 0.25) is 5.95 Å². The van der Waals surface area contributed by atoms with Crippen LogP contribution in [0.3, 0.4) is 0 Å². The van der Waals surface area contributed by atoms with E-state index in [1.165, 1.54) is 42.5 Å². The number of hydrogen-bond acceptors (Lipinski definition) is 6. The van der Waals surface area contributed by atoms with Gasteiger partial charge in [0.1, 0.15) is 23.1 Å². The summed E-state index contributed by atoms with van der Waals surface area (Å²) in [7, 11) is 0. The van der Waals surface area contributed by atoms with Crippen molar-refractivity contribution in [3.63, 3.8) is 0 Å². The molecule has 3 N–H and O–H groups in total. The number of aromatic nitrogens is 3. The average molecular weight is 699 g/mol. The van der Waals surface area contributed by atoms with E-state index in [0.717, 1.165) is 22.3 Å². The summed E-state index contributed by atoms with van der Waals surface area (Å²) < 4.78 is 44.9. The van der Waals surface area contributed by atoms with E-state index in [9.17, 15) is 23.9 Å². The molecule has 51 heavy (non-hydrogen) atoms. The molecule has 10 nitrogen and oxygen atoms in total. The van der Waals surface area contributed by atoms with Crippen molar-refractivity contribution in [1.29, 1.82) is 0 Å². The first kappa shape index (κ1) is 35.1. The number of amides is 2. The van der Waals surface area contributed by atoms with Gasteiger partial charge in [0.05, 0.1) is 5.69 Å². The molecule has 3 heterocycles. The minimum Gasteiger partial charge on any atom is -0.465 e. The van der Waals surface area contributed by atoms with Crippen molar-refractivity contribution in [2.75, 3.05) is 23.3 Å². The number of aryl methyl sites for hydroxylation is 1. The molecule has 0 spiro atoms. The Morgan fingerprint density at radius 3 is 2.22 bits per heavy atom. The highest BCUT2D eigenvalue weighted by molar-refractivity contribution is 6.05. The molecule has 1 atom stereocenters. The summed E-state index contributed by atoms with van der Waals surface area (Å²) in [6.45, 7) is 8.65. The lowest BCUT2D eigenvalue weighted by Crippen LogP contribution is -2.51. The number of carbonyl (C=O) groups is 2. The second kappa shape index (κ2) is 13.9. The number of carboxylic acid groups (broad SMARTS) is 1. The van der Waals surface area contributed by atoms with E-state index in [1.54, 1.807) is 18.2 Å². The summed E-state index contributed by atoms with van der Waals surface area (Å²) in [5.74, 6) is -2.60. The molecular weight excluding hydrogens is 661 g/mol. The number of anilines is 2. The van der Waals surface area contributed by atoms with Gasteiger partial charge in [-0.1, -0.05) is 32.9 Å². The predicted octanol–water partition coefficient (Wildman–Crippen LogP) is 7.32. The molecule has 13 heteroatoms. The van der Waals surface area contributed by atoms with Gasteiger partial charge in [0.15, 0.2) is 5.65 Å². The second-order valence-electron chi connectivity index (χ2n) is 13.8. The molecule has 3 aromatic carbocycles. The van der Waals surface area contributed by atoms with Gasteiger partial charge in [-0.2, -0.15) is 4.98 Å². The van der Waals surface area contributed by atoms with Crippen LogP contribution in [0.5, 0.6) is 0 Å². The molecule has 1 aliphatic rings. The van der Waals surface area contributed by atoms with Crippen LogP contribution in [0.4, 0.5) is 29.6 Å². The van der Waals surface area contributed by atoms with Gasteiger partial charge in [-0.3, -0.25) is 14.2 Å². The fourth-order valence-corrected chi connectivity index (χ4v) is 6.73. The Kier molecular flexibility index (Phi) is 9.56. The molecule has 2 aromatic heterocycles. The van der Waals surface area contributed by atoms with Crippen molar-refractivity contribution in [1.82, 2.24) is 19.9 Å². The third-order valence-corrected chi connectivity index (χ3v) is 9.26. The van der Waals surface area contributed by atoms with Gasteiger partial charge >= 0.3 is 6.09 Å². The fourth-order valence-electron chi connectivity index (χ4n) is 6.73. The zero-order valence-corrected chi connectivity index (χ0v) is 28.5. The number of fused-ring (bicyclic) bond motifs is 1. The molecule has 0 saturated carbocycles. The Morgan fingerprint density at radius 2 is 1.59 bits per heavy atom. The molecule has 264 valence electrons. The van der Waals surface area contributed by atoms with Gasteiger partial charge < -0.3 is 20.6 Å². The molecule has 2 amide bonds. The second-order valence-corrected chi connectivity index (χ2v) is 13.8. The van der Waals surface area contributed by atoms with E-state index < -0.39 is 40.7 Å². The van der Waals surface area contributed by atoms with Gasteiger partial charge in [0.25, 0.3) is 11.5 Å². The average Bonchev–Trinajstić information content (AvgIpc) is 3.08. The standard InChI is InChI=1S/C38H37F3N6O4/c1-21-8-9-23(35(49)42-25-12-10-24(39)11-13-25)20-27(21)31-26-14-15-30(48)47(32-28(40)6-5-7-29(32)41)34(26)45-36(43-31)46-18-16-22(17-19-46)33(38(2,3)4)44-37(50)51/h5-15,20,22,33,44H,16-19H2,1-4H3,(H,42,49)(H,50,51). The first-order valence-electron chi connectivity index (χ1n) is 16.5. The Hall–Kier alpha value is -5.72. The Morgan fingerprint density at radius 1 is 0.922 bits per heavy atom. The fraction of sp³-hybridized carbons (Fsp3) is 0.289. The first-order chi connectivity index (χ1) is 24.2. The molecule has 0 bridgehead atoms. The molecule has 1 saturated heterocycles. The molecule has 1 fully saturated rings. The quantitative estimate of drug-likeness (QED) is 0.162. The number of carbonyl (C=O) groups excluding carboxylic acids is 1. The SMILES string of the molecule is Cc1ccc(C(=O)Nc2ccc(F)cc2)cc1-c1nc(N2CCC(C(NC(=O)O)C(C)(C)C)CC2)nc2c1ccc(=O)n2-c1c(F)cccc1F. The number of rotatable bonds is 7. The van der Waals surface area contributed by atoms with E-state index in [4.69, 9.17) is 9.97 Å². The van der Waals surface area contributed by atoms with Crippen molar-refractivity contribution < 1.29 is 27.9 Å². The summed E-state index contributed by atoms with van der Waals surface area (Å²) in [5.41, 5.74) is 0.557. The van der Waals surface area contributed by atoms with Crippen LogP contribution >= 0.6 is 0 Å². The maximum absolute atomic E-state index is 15.3. The molecule has 1 unspecified atom stereocenters. The lowest BCUT2D eigenvalue weighted by Gasteiger charge is -2.41. The van der Waals surface area contributed by atoms with Crippen LogP contribution in [0, 0.1) is 35.7 Å². The van der Waals surface area contributed by atoms with Crippen molar-refractivity contribution in [3.05, 3.63) is 112 Å². The maximum atomic E-state index is 15.3. The third kappa shape index (κ3) is 7.28. The number of nitrogens with zero attached hydrogens (tertiary/aromatic N) is 4. The highest BCUT2D eigenvalue weighted by atomic mass is 19.1. The smallest absolute Gasteiger partial charge is 0.404 e. The van der Waals surface area contributed by atoms with E-state index >= 15 is 8.78 Å². The highest BCUT2D eigenvalue weighted by Gasteiger charge is 2.36. The zero-order valence-electron chi connectivity index (χ0n) is 28.5. The minimum atomic E-state index is -1.10. The summed E-state index contributed by atoms with van der Waals surface area (Å²) in [6, 6.07) is 16.0. The molecule has 0 aliphatic carbocycles. The lowest BCUT2D eigenvalue weighted by atomic mass is 9.75. The van der Waals surface area contributed by atoms with Gasteiger partial charge in [-0.25, -0.2) is 22.9 Å². The van der Waals surface area contributed by atoms with Gasteiger partial charge in [0, 0.05) is 47.4 Å². The molecule has 1 aliphatic heterocycles. The van der Waals surface area contributed by atoms with E-state index in [2.05, 4.69) is 10.6 Å². The van der Waals surface area contributed by atoms with Crippen LogP contribution in [-0.4, -0.2) is 50.8 Å². The number of hydrogen-bond donors (Lipinski definition) is 3. The van der Waals surface area contributed by atoms with Crippen molar-refractivity contribution in [2.45, 2.75) is 46.6 Å². The molecular formula is C38H37F3N6O4. The Bertz CT molecular complexity index is 2170. The van der Waals surface area contributed by atoms with Crippen LogP contribution in [0.1, 0.15) is 49.5 Å². The largest absolute Gasteiger partial charge is 0.465 e. The van der Waals surface area contributed by atoms with E-state index in [-0.39, 0.29) is 34.5 Å². The summed E-state index contributed by atoms with van der Waals surface area (Å²) >= 11 is 0. The van der Waals surface area contributed by atoms with Crippen LogP contribution in [0.25, 0.3) is 28.0 Å². The van der Waals surface area contributed by atoms with E-state index in [1.807, 2.05) is 32.6 Å². The number of piperidine rings is 1. The topological polar surface area (TPSA) is 129 Å². The van der Waals surface area contributed by atoms with Crippen molar-refractivity contribution in [2.24, 2.45) is 11.3 Å². The number of pyridine rings is 1. The van der Waals surface area contributed by atoms with Crippen LogP contribution in [0.2, 0.25) is 0 Å². The van der Waals surface area contributed by atoms with E-state index in [0.29, 0.717) is 48.3 Å². The van der Waals surface area contributed by atoms with Gasteiger partial charge in [-0.05, 0) is 91.3 Å². The monoisotopic (exact) mass is 698 g/mol.